The number of amides is 1. The Morgan fingerprint density at radius 1 is 0.966 bits per heavy atom. The Morgan fingerprint density at radius 2 is 1.55 bits per heavy atom. The molecule has 2 aromatic rings. The largest absolute Gasteiger partial charge is 0.355 e. The van der Waals surface area contributed by atoms with Crippen LogP contribution in [0.15, 0.2) is 53.4 Å². The van der Waals surface area contributed by atoms with Gasteiger partial charge < -0.3 is 5.32 Å². The van der Waals surface area contributed by atoms with Gasteiger partial charge in [-0.1, -0.05) is 52.0 Å². The lowest BCUT2D eigenvalue weighted by Gasteiger charge is -2.17. The predicted molar refractivity (Wildman–Crippen MR) is 117 cm³/mol. The van der Waals surface area contributed by atoms with Crippen molar-refractivity contribution in [3.05, 3.63) is 59.7 Å². The summed E-state index contributed by atoms with van der Waals surface area (Å²) in [7, 11) is -3.65. The summed E-state index contributed by atoms with van der Waals surface area (Å²) in [6.07, 6.45) is 1.65. The third kappa shape index (κ3) is 4.81. The smallest absolute Gasteiger partial charge is 0.261 e. The summed E-state index contributed by atoms with van der Waals surface area (Å²) in [6.45, 7) is 8.93. The van der Waals surface area contributed by atoms with E-state index in [9.17, 15) is 13.2 Å². The molecule has 2 aromatic carbocycles. The van der Waals surface area contributed by atoms with Crippen molar-refractivity contribution < 1.29 is 13.2 Å². The number of benzene rings is 2. The average Bonchev–Trinajstić information content (AvgIpc) is 3.48. The molecule has 0 saturated heterocycles. The molecule has 3 rings (SSSR count). The molecule has 2 N–H and O–H groups in total. The van der Waals surface area contributed by atoms with E-state index in [4.69, 9.17) is 0 Å². The Bertz CT molecular complexity index is 958. The number of anilines is 1. The molecule has 0 heterocycles. The van der Waals surface area contributed by atoms with Gasteiger partial charge in [0.1, 0.15) is 0 Å². The van der Waals surface area contributed by atoms with Crippen molar-refractivity contribution in [2.24, 2.45) is 5.92 Å². The SMILES string of the molecule is CC(C)CNC(=O)C1(c2ccc(NS(=O)(=O)c3ccc(C(C)C)cc3)cc2)CC1. The molecule has 6 heteroatoms. The zero-order valence-electron chi connectivity index (χ0n) is 17.5. The third-order valence-corrected chi connectivity index (χ3v) is 6.80. The van der Waals surface area contributed by atoms with Crippen molar-refractivity contribution in [1.82, 2.24) is 5.32 Å². The number of carbonyl (C=O) groups excluding carboxylic acids is 1. The molecule has 0 bridgehead atoms. The lowest BCUT2D eigenvalue weighted by atomic mass is 9.94. The summed E-state index contributed by atoms with van der Waals surface area (Å²) >= 11 is 0. The van der Waals surface area contributed by atoms with Crippen LogP contribution in [0.3, 0.4) is 0 Å². The van der Waals surface area contributed by atoms with Crippen LogP contribution in [-0.4, -0.2) is 20.9 Å². The fraction of sp³-hybridized carbons (Fsp3) is 0.435. The normalized spacial score (nSPS) is 15.4. The van der Waals surface area contributed by atoms with Crippen LogP contribution in [0.4, 0.5) is 5.69 Å². The van der Waals surface area contributed by atoms with E-state index in [-0.39, 0.29) is 10.8 Å². The molecule has 1 aliphatic carbocycles. The molecule has 0 spiro atoms. The van der Waals surface area contributed by atoms with E-state index in [1.54, 1.807) is 24.3 Å². The molecule has 1 aliphatic rings. The number of sulfonamides is 1. The molecule has 0 radical (unpaired) electrons. The molecule has 29 heavy (non-hydrogen) atoms. The molecule has 1 amide bonds. The fourth-order valence-electron chi connectivity index (χ4n) is 3.34. The van der Waals surface area contributed by atoms with E-state index in [2.05, 4.69) is 37.7 Å². The first-order valence-corrected chi connectivity index (χ1v) is 11.6. The summed E-state index contributed by atoms with van der Waals surface area (Å²) in [5.41, 5.74) is 2.06. The first kappa shape index (κ1) is 21.4. The Hall–Kier alpha value is -2.34. The molecule has 1 saturated carbocycles. The number of nitrogens with one attached hydrogen (secondary N) is 2. The Morgan fingerprint density at radius 3 is 2.03 bits per heavy atom. The van der Waals surface area contributed by atoms with Crippen LogP contribution in [0.25, 0.3) is 0 Å². The monoisotopic (exact) mass is 414 g/mol. The van der Waals surface area contributed by atoms with Gasteiger partial charge in [-0.05, 0) is 60.1 Å². The fourth-order valence-corrected chi connectivity index (χ4v) is 4.40. The number of hydrogen-bond acceptors (Lipinski definition) is 3. The van der Waals surface area contributed by atoms with E-state index >= 15 is 0 Å². The number of hydrogen-bond donors (Lipinski definition) is 2. The van der Waals surface area contributed by atoms with Gasteiger partial charge >= 0.3 is 0 Å². The van der Waals surface area contributed by atoms with Crippen molar-refractivity contribution in [2.45, 2.75) is 56.8 Å². The topological polar surface area (TPSA) is 75.3 Å². The molecule has 156 valence electrons. The van der Waals surface area contributed by atoms with Gasteiger partial charge in [0.15, 0.2) is 0 Å². The summed E-state index contributed by atoms with van der Waals surface area (Å²) in [4.78, 5) is 12.8. The van der Waals surface area contributed by atoms with Crippen molar-refractivity contribution in [2.75, 3.05) is 11.3 Å². The van der Waals surface area contributed by atoms with Gasteiger partial charge in [0.05, 0.1) is 10.3 Å². The van der Waals surface area contributed by atoms with E-state index in [0.717, 1.165) is 24.0 Å². The van der Waals surface area contributed by atoms with Crippen molar-refractivity contribution in [3.63, 3.8) is 0 Å². The van der Waals surface area contributed by atoms with E-state index in [1.165, 1.54) is 0 Å². The molecule has 0 aliphatic heterocycles. The predicted octanol–water partition coefficient (Wildman–Crippen LogP) is 4.41. The van der Waals surface area contributed by atoms with Crippen LogP contribution >= 0.6 is 0 Å². The molecule has 0 unspecified atom stereocenters. The van der Waals surface area contributed by atoms with Gasteiger partial charge in [0.2, 0.25) is 5.91 Å². The van der Waals surface area contributed by atoms with Crippen LogP contribution in [0, 0.1) is 5.92 Å². The Labute approximate surface area is 174 Å². The van der Waals surface area contributed by atoms with Crippen LogP contribution in [0.2, 0.25) is 0 Å². The standard InChI is InChI=1S/C23H30N2O3S/c1-16(2)15-24-22(26)23(13-14-23)19-7-9-20(10-8-19)25-29(27,28)21-11-5-18(6-12-21)17(3)4/h5-12,16-17,25H,13-15H2,1-4H3,(H,24,26). The van der Waals surface area contributed by atoms with Gasteiger partial charge in [-0.3, -0.25) is 9.52 Å². The van der Waals surface area contributed by atoms with Crippen molar-refractivity contribution in [1.29, 1.82) is 0 Å². The van der Waals surface area contributed by atoms with Crippen molar-refractivity contribution >= 4 is 21.6 Å². The van der Waals surface area contributed by atoms with Crippen LogP contribution in [0.1, 0.15) is 57.6 Å². The Balaban J connectivity index is 1.71. The van der Waals surface area contributed by atoms with E-state index in [1.807, 2.05) is 24.3 Å². The second-order valence-electron chi connectivity index (χ2n) is 8.59. The summed E-state index contributed by atoms with van der Waals surface area (Å²) in [5, 5.41) is 3.02. The lowest BCUT2D eigenvalue weighted by molar-refractivity contribution is -0.123. The minimum absolute atomic E-state index is 0.0600. The van der Waals surface area contributed by atoms with E-state index < -0.39 is 15.4 Å². The number of carbonyl (C=O) groups is 1. The molecule has 0 aromatic heterocycles. The Kier molecular flexibility index (Phi) is 6.03. The first-order chi connectivity index (χ1) is 13.6. The first-order valence-electron chi connectivity index (χ1n) is 10.2. The van der Waals surface area contributed by atoms with E-state index in [0.29, 0.717) is 24.1 Å². The molecule has 1 fully saturated rings. The quantitative estimate of drug-likeness (QED) is 0.672. The van der Waals surface area contributed by atoms with Crippen LogP contribution in [-0.2, 0) is 20.2 Å². The zero-order chi connectivity index (χ0) is 21.2. The van der Waals surface area contributed by atoms with Gasteiger partial charge in [0.25, 0.3) is 10.0 Å². The third-order valence-electron chi connectivity index (χ3n) is 5.40. The molecule has 0 atom stereocenters. The highest BCUT2D eigenvalue weighted by atomic mass is 32.2. The number of rotatable bonds is 8. The minimum atomic E-state index is -3.65. The van der Waals surface area contributed by atoms with Gasteiger partial charge in [-0.25, -0.2) is 8.42 Å². The van der Waals surface area contributed by atoms with Gasteiger partial charge in [-0.2, -0.15) is 0 Å². The summed E-state index contributed by atoms with van der Waals surface area (Å²) in [5.74, 6) is 0.811. The average molecular weight is 415 g/mol. The van der Waals surface area contributed by atoms with Gasteiger partial charge in [-0.15, -0.1) is 0 Å². The minimum Gasteiger partial charge on any atom is -0.355 e. The maximum atomic E-state index is 12.7. The summed E-state index contributed by atoms with van der Waals surface area (Å²) in [6, 6.07) is 14.1. The summed E-state index contributed by atoms with van der Waals surface area (Å²) < 4.78 is 27.9. The van der Waals surface area contributed by atoms with Crippen molar-refractivity contribution in [3.8, 4) is 0 Å². The zero-order valence-corrected chi connectivity index (χ0v) is 18.3. The second-order valence-corrected chi connectivity index (χ2v) is 10.3. The molecular formula is C23H30N2O3S. The highest BCUT2D eigenvalue weighted by Gasteiger charge is 2.51. The maximum Gasteiger partial charge on any atom is 0.261 e. The highest BCUT2D eigenvalue weighted by Crippen LogP contribution is 2.48. The second kappa shape index (κ2) is 8.19. The lowest BCUT2D eigenvalue weighted by Crippen LogP contribution is -2.36. The maximum absolute atomic E-state index is 12.7. The molecular weight excluding hydrogens is 384 g/mol. The van der Waals surface area contributed by atoms with Gasteiger partial charge in [0, 0.05) is 12.2 Å². The molecule has 5 nitrogen and oxygen atoms in total. The van der Waals surface area contributed by atoms with Crippen LogP contribution < -0.4 is 10.0 Å². The van der Waals surface area contributed by atoms with Crippen LogP contribution in [0.5, 0.6) is 0 Å². The highest BCUT2D eigenvalue weighted by molar-refractivity contribution is 7.92.